The lowest BCUT2D eigenvalue weighted by Crippen LogP contribution is -2.33. The van der Waals surface area contributed by atoms with E-state index in [1.165, 1.54) is 0 Å². The minimum Gasteiger partial charge on any atom is -0.325 e. The Morgan fingerprint density at radius 2 is 2.33 bits per heavy atom. The Kier molecular flexibility index (Phi) is 6.20. The standard InChI is InChI=1S/C13H16ClN3O/c1-2-17(8-4-7-15)10-13(18)16-12-6-3-5-11(14)9-12/h3,5-6,9H,2,4,8,10H2,1H3,(H,16,18). The van der Waals surface area contributed by atoms with E-state index in [0.29, 0.717) is 23.7 Å². The number of benzene rings is 1. The van der Waals surface area contributed by atoms with Gasteiger partial charge in [0.05, 0.1) is 12.6 Å². The highest BCUT2D eigenvalue weighted by Crippen LogP contribution is 2.14. The van der Waals surface area contributed by atoms with Gasteiger partial charge in [0.25, 0.3) is 0 Å². The number of carbonyl (C=O) groups is 1. The van der Waals surface area contributed by atoms with E-state index < -0.39 is 0 Å². The number of anilines is 1. The highest BCUT2D eigenvalue weighted by Gasteiger charge is 2.08. The van der Waals surface area contributed by atoms with Crippen molar-refractivity contribution in [3.8, 4) is 6.07 Å². The molecule has 96 valence electrons. The molecule has 1 aromatic rings. The van der Waals surface area contributed by atoms with E-state index in [1.54, 1.807) is 24.3 Å². The van der Waals surface area contributed by atoms with Gasteiger partial charge in [-0.2, -0.15) is 5.26 Å². The summed E-state index contributed by atoms with van der Waals surface area (Å²) in [4.78, 5) is 13.7. The first-order chi connectivity index (χ1) is 8.65. The lowest BCUT2D eigenvalue weighted by Gasteiger charge is -2.18. The van der Waals surface area contributed by atoms with Crippen molar-refractivity contribution in [1.29, 1.82) is 5.26 Å². The smallest absolute Gasteiger partial charge is 0.238 e. The molecule has 0 spiro atoms. The molecule has 1 aromatic carbocycles. The van der Waals surface area contributed by atoms with Gasteiger partial charge in [0, 0.05) is 23.7 Å². The molecular weight excluding hydrogens is 250 g/mol. The molecule has 1 amide bonds. The number of hydrogen-bond acceptors (Lipinski definition) is 3. The summed E-state index contributed by atoms with van der Waals surface area (Å²) in [5.41, 5.74) is 0.684. The summed E-state index contributed by atoms with van der Waals surface area (Å²) >= 11 is 5.83. The van der Waals surface area contributed by atoms with Gasteiger partial charge in [0.15, 0.2) is 0 Å². The summed E-state index contributed by atoms with van der Waals surface area (Å²) in [6.07, 6.45) is 0.429. The fraction of sp³-hybridized carbons (Fsp3) is 0.385. The van der Waals surface area contributed by atoms with Crippen molar-refractivity contribution in [3.63, 3.8) is 0 Å². The second-order valence-corrected chi connectivity index (χ2v) is 4.27. The summed E-state index contributed by atoms with van der Waals surface area (Å²) in [6, 6.07) is 9.09. The molecule has 0 radical (unpaired) electrons. The number of nitrogens with zero attached hydrogens (tertiary/aromatic N) is 2. The topological polar surface area (TPSA) is 56.1 Å². The van der Waals surface area contributed by atoms with Gasteiger partial charge >= 0.3 is 0 Å². The Labute approximate surface area is 112 Å². The van der Waals surface area contributed by atoms with Gasteiger partial charge in [0.2, 0.25) is 5.91 Å². The maximum absolute atomic E-state index is 11.8. The Balaban J connectivity index is 2.48. The molecular formula is C13H16ClN3O. The molecule has 0 atom stereocenters. The highest BCUT2D eigenvalue weighted by atomic mass is 35.5. The van der Waals surface area contributed by atoms with E-state index in [1.807, 2.05) is 11.8 Å². The van der Waals surface area contributed by atoms with Crippen LogP contribution >= 0.6 is 11.6 Å². The number of nitriles is 1. The van der Waals surface area contributed by atoms with Crippen LogP contribution in [0.5, 0.6) is 0 Å². The van der Waals surface area contributed by atoms with Crippen molar-refractivity contribution in [2.75, 3.05) is 25.0 Å². The zero-order chi connectivity index (χ0) is 13.4. The van der Waals surface area contributed by atoms with Crippen molar-refractivity contribution in [2.45, 2.75) is 13.3 Å². The third-order valence-corrected chi connectivity index (χ3v) is 2.70. The van der Waals surface area contributed by atoms with E-state index >= 15 is 0 Å². The first-order valence-electron chi connectivity index (χ1n) is 5.80. The van der Waals surface area contributed by atoms with Gasteiger partial charge in [-0.1, -0.05) is 24.6 Å². The van der Waals surface area contributed by atoms with E-state index in [9.17, 15) is 4.79 Å². The average molecular weight is 266 g/mol. The molecule has 1 rings (SSSR count). The Morgan fingerprint density at radius 1 is 1.56 bits per heavy atom. The Morgan fingerprint density at radius 3 is 2.94 bits per heavy atom. The van der Waals surface area contributed by atoms with Gasteiger partial charge in [0.1, 0.15) is 0 Å². The average Bonchev–Trinajstić information content (AvgIpc) is 2.34. The summed E-state index contributed by atoms with van der Waals surface area (Å²) in [5, 5.41) is 11.9. The van der Waals surface area contributed by atoms with Crippen molar-refractivity contribution in [2.24, 2.45) is 0 Å². The monoisotopic (exact) mass is 265 g/mol. The number of rotatable bonds is 6. The Hall–Kier alpha value is -1.57. The highest BCUT2D eigenvalue weighted by molar-refractivity contribution is 6.30. The molecule has 0 saturated carbocycles. The molecule has 18 heavy (non-hydrogen) atoms. The van der Waals surface area contributed by atoms with E-state index in [-0.39, 0.29) is 12.5 Å². The number of carbonyl (C=O) groups excluding carboxylic acids is 1. The predicted molar refractivity (Wildman–Crippen MR) is 72.4 cm³/mol. The zero-order valence-corrected chi connectivity index (χ0v) is 11.1. The molecule has 0 aliphatic rings. The van der Waals surface area contributed by atoms with Crippen LogP contribution in [0.25, 0.3) is 0 Å². The van der Waals surface area contributed by atoms with Gasteiger partial charge in [-0.3, -0.25) is 9.69 Å². The molecule has 4 nitrogen and oxygen atoms in total. The maximum atomic E-state index is 11.8. The van der Waals surface area contributed by atoms with Gasteiger partial charge in [-0.05, 0) is 24.7 Å². The lowest BCUT2D eigenvalue weighted by atomic mass is 10.3. The largest absolute Gasteiger partial charge is 0.325 e. The fourth-order valence-electron chi connectivity index (χ4n) is 1.53. The summed E-state index contributed by atoms with van der Waals surface area (Å²) in [7, 11) is 0. The quantitative estimate of drug-likeness (QED) is 0.860. The third kappa shape index (κ3) is 5.17. The van der Waals surface area contributed by atoms with Crippen LogP contribution in [0, 0.1) is 11.3 Å². The van der Waals surface area contributed by atoms with Crippen LogP contribution in [0.1, 0.15) is 13.3 Å². The van der Waals surface area contributed by atoms with Crippen LogP contribution in [0.15, 0.2) is 24.3 Å². The molecule has 0 aliphatic carbocycles. The predicted octanol–water partition coefficient (Wildman–Crippen LogP) is 2.51. The van der Waals surface area contributed by atoms with Crippen LogP contribution in [-0.2, 0) is 4.79 Å². The van der Waals surface area contributed by atoms with Crippen molar-refractivity contribution < 1.29 is 4.79 Å². The molecule has 0 fully saturated rings. The number of nitrogens with one attached hydrogen (secondary N) is 1. The molecule has 5 heteroatoms. The van der Waals surface area contributed by atoms with E-state index in [2.05, 4.69) is 11.4 Å². The number of halogens is 1. The normalized spacial score (nSPS) is 10.1. The van der Waals surface area contributed by atoms with Crippen LogP contribution in [0.4, 0.5) is 5.69 Å². The molecule has 1 N–H and O–H groups in total. The van der Waals surface area contributed by atoms with Crippen molar-refractivity contribution in [1.82, 2.24) is 4.90 Å². The number of likely N-dealkylation sites (N-methyl/N-ethyl adjacent to an activating group) is 1. The SMILES string of the molecule is CCN(CCC#N)CC(=O)Nc1cccc(Cl)c1. The van der Waals surface area contributed by atoms with Crippen molar-refractivity contribution in [3.05, 3.63) is 29.3 Å². The maximum Gasteiger partial charge on any atom is 0.238 e. The molecule has 0 aromatic heterocycles. The first kappa shape index (κ1) is 14.5. The first-order valence-corrected chi connectivity index (χ1v) is 6.18. The van der Waals surface area contributed by atoms with E-state index in [0.717, 1.165) is 6.54 Å². The second-order valence-electron chi connectivity index (χ2n) is 3.84. The minimum absolute atomic E-state index is 0.0999. The van der Waals surface area contributed by atoms with Gasteiger partial charge in [-0.15, -0.1) is 0 Å². The molecule has 0 bridgehead atoms. The summed E-state index contributed by atoms with van der Waals surface area (Å²) < 4.78 is 0. The van der Waals surface area contributed by atoms with Crippen LogP contribution in [-0.4, -0.2) is 30.4 Å². The summed E-state index contributed by atoms with van der Waals surface area (Å²) in [5.74, 6) is -0.0999. The third-order valence-electron chi connectivity index (χ3n) is 2.46. The molecule has 0 aliphatic heterocycles. The van der Waals surface area contributed by atoms with E-state index in [4.69, 9.17) is 16.9 Å². The summed E-state index contributed by atoms with van der Waals surface area (Å²) in [6.45, 7) is 3.59. The molecule has 0 heterocycles. The van der Waals surface area contributed by atoms with Crippen LogP contribution in [0.2, 0.25) is 5.02 Å². The fourth-order valence-corrected chi connectivity index (χ4v) is 1.72. The van der Waals surface area contributed by atoms with Gasteiger partial charge < -0.3 is 5.32 Å². The lowest BCUT2D eigenvalue weighted by molar-refractivity contribution is -0.117. The zero-order valence-electron chi connectivity index (χ0n) is 10.3. The Bertz CT molecular complexity index is 442. The number of amides is 1. The number of hydrogen-bond donors (Lipinski definition) is 1. The second kappa shape index (κ2) is 7.70. The van der Waals surface area contributed by atoms with Crippen molar-refractivity contribution >= 4 is 23.2 Å². The van der Waals surface area contributed by atoms with Crippen LogP contribution in [0.3, 0.4) is 0 Å². The minimum atomic E-state index is -0.0999. The molecule has 0 saturated heterocycles. The molecule has 0 unspecified atom stereocenters. The van der Waals surface area contributed by atoms with Crippen LogP contribution < -0.4 is 5.32 Å². The van der Waals surface area contributed by atoms with Gasteiger partial charge in [-0.25, -0.2) is 0 Å².